The van der Waals surface area contributed by atoms with Crippen molar-refractivity contribution in [1.82, 2.24) is 0 Å². The maximum absolute atomic E-state index is 10.4. The summed E-state index contributed by atoms with van der Waals surface area (Å²) in [5, 5.41) is 10.4. The van der Waals surface area contributed by atoms with Crippen LogP contribution in [0.15, 0.2) is 12.2 Å². The predicted octanol–water partition coefficient (Wildman–Crippen LogP) is 3.78. The zero-order valence-electron chi connectivity index (χ0n) is 10.8. The van der Waals surface area contributed by atoms with Crippen LogP contribution in [0.5, 0.6) is 0 Å². The second kappa shape index (κ2) is 4.06. The molecule has 84 valence electrons. The molecule has 1 nitrogen and oxygen atoms in total. The molecular formula is C13H26O. The molecule has 1 atom stereocenters. The number of aliphatic hydroxyl groups is 1. The Labute approximate surface area is 89.2 Å². The summed E-state index contributed by atoms with van der Waals surface area (Å²) in [7, 11) is 0. The van der Waals surface area contributed by atoms with E-state index in [1.54, 1.807) is 0 Å². The summed E-state index contributed by atoms with van der Waals surface area (Å²) in [6, 6.07) is 0. The molecule has 0 amide bonds. The van der Waals surface area contributed by atoms with Crippen LogP contribution in [0.4, 0.5) is 0 Å². The van der Waals surface area contributed by atoms with Gasteiger partial charge in [-0.3, -0.25) is 0 Å². The van der Waals surface area contributed by atoms with E-state index < -0.39 is 5.60 Å². The van der Waals surface area contributed by atoms with Crippen LogP contribution in [0.25, 0.3) is 0 Å². The van der Waals surface area contributed by atoms with Crippen molar-refractivity contribution in [2.45, 2.75) is 60.5 Å². The number of allylic oxidation sites excluding steroid dienone is 1. The van der Waals surface area contributed by atoms with Crippen LogP contribution in [0.1, 0.15) is 54.9 Å². The topological polar surface area (TPSA) is 20.2 Å². The summed E-state index contributed by atoms with van der Waals surface area (Å²) in [5.74, 6) is 0. The highest BCUT2D eigenvalue weighted by atomic mass is 16.3. The zero-order valence-corrected chi connectivity index (χ0v) is 10.8. The van der Waals surface area contributed by atoms with Crippen molar-refractivity contribution in [3.8, 4) is 0 Å². The van der Waals surface area contributed by atoms with Gasteiger partial charge in [-0.25, -0.2) is 0 Å². The molecule has 1 N–H and O–H groups in total. The van der Waals surface area contributed by atoms with Crippen molar-refractivity contribution in [3.05, 3.63) is 12.2 Å². The van der Waals surface area contributed by atoms with E-state index in [0.29, 0.717) is 0 Å². The van der Waals surface area contributed by atoms with Crippen molar-refractivity contribution >= 4 is 0 Å². The second-order valence-electron chi connectivity index (χ2n) is 6.23. The average Bonchev–Trinajstić information content (AvgIpc) is 1.96. The number of hydrogen-bond acceptors (Lipinski definition) is 1. The monoisotopic (exact) mass is 198 g/mol. The third-order valence-corrected chi connectivity index (χ3v) is 2.70. The van der Waals surface area contributed by atoms with Gasteiger partial charge in [0, 0.05) is 0 Å². The fraction of sp³-hybridized carbons (Fsp3) is 0.846. The van der Waals surface area contributed by atoms with E-state index in [-0.39, 0.29) is 10.8 Å². The molecule has 0 spiro atoms. The summed E-state index contributed by atoms with van der Waals surface area (Å²) in [6.07, 6.45) is 4.82. The fourth-order valence-electron chi connectivity index (χ4n) is 1.29. The summed E-state index contributed by atoms with van der Waals surface area (Å²) >= 11 is 0. The molecule has 0 aromatic heterocycles. The Morgan fingerprint density at radius 1 is 0.929 bits per heavy atom. The Morgan fingerprint density at radius 3 is 1.57 bits per heavy atom. The lowest BCUT2D eigenvalue weighted by Gasteiger charge is -2.37. The van der Waals surface area contributed by atoms with Crippen LogP contribution in [-0.4, -0.2) is 10.7 Å². The first-order valence-electron chi connectivity index (χ1n) is 5.44. The summed E-state index contributed by atoms with van der Waals surface area (Å²) in [6.45, 7) is 14.7. The lowest BCUT2D eigenvalue weighted by atomic mass is 9.73. The zero-order chi connectivity index (χ0) is 11.6. The minimum absolute atomic E-state index is 0.108. The van der Waals surface area contributed by atoms with Crippen LogP contribution >= 0.6 is 0 Å². The molecule has 1 unspecified atom stereocenters. The standard InChI is InChI=1S/C13H26O/c1-8-13(14,12(5,6)7)10-9-11(2,3)4/h9-10,14H,8H2,1-7H3/b10-9+. The maximum Gasteiger partial charge on any atom is 0.0873 e. The third kappa shape index (κ3) is 3.83. The quantitative estimate of drug-likeness (QED) is 0.670. The average molecular weight is 198 g/mol. The van der Waals surface area contributed by atoms with Crippen molar-refractivity contribution in [3.63, 3.8) is 0 Å². The smallest absolute Gasteiger partial charge is 0.0873 e. The van der Waals surface area contributed by atoms with Gasteiger partial charge in [0.1, 0.15) is 0 Å². The van der Waals surface area contributed by atoms with E-state index in [0.717, 1.165) is 6.42 Å². The van der Waals surface area contributed by atoms with E-state index in [1.165, 1.54) is 0 Å². The van der Waals surface area contributed by atoms with Gasteiger partial charge in [0.15, 0.2) is 0 Å². The Kier molecular flexibility index (Phi) is 3.97. The van der Waals surface area contributed by atoms with Crippen LogP contribution in [-0.2, 0) is 0 Å². The molecule has 0 bridgehead atoms. The molecule has 0 saturated heterocycles. The van der Waals surface area contributed by atoms with Crippen LogP contribution in [0.2, 0.25) is 0 Å². The van der Waals surface area contributed by atoms with Gasteiger partial charge in [-0.2, -0.15) is 0 Å². The van der Waals surface area contributed by atoms with Gasteiger partial charge >= 0.3 is 0 Å². The highest BCUT2D eigenvalue weighted by Gasteiger charge is 2.35. The summed E-state index contributed by atoms with van der Waals surface area (Å²) in [4.78, 5) is 0. The second-order valence-corrected chi connectivity index (χ2v) is 6.23. The van der Waals surface area contributed by atoms with Gasteiger partial charge < -0.3 is 5.11 Å². The first kappa shape index (κ1) is 13.7. The largest absolute Gasteiger partial charge is 0.385 e. The van der Waals surface area contributed by atoms with Crippen LogP contribution in [0.3, 0.4) is 0 Å². The van der Waals surface area contributed by atoms with E-state index in [2.05, 4.69) is 47.6 Å². The molecule has 0 heterocycles. The van der Waals surface area contributed by atoms with Crippen molar-refractivity contribution in [1.29, 1.82) is 0 Å². The third-order valence-electron chi connectivity index (χ3n) is 2.70. The van der Waals surface area contributed by atoms with Gasteiger partial charge in [0.05, 0.1) is 5.60 Å². The molecule has 0 fully saturated rings. The molecular weight excluding hydrogens is 172 g/mol. The van der Waals surface area contributed by atoms with Crippen molar-refractivity contribution in [2.75, 3.05) is 0 Å². The molecule has 14 heavy (non-hydrogen) atoms. The first-order chi connectivity index (χ1) is 6.02. The van der Waals surface area contributed by atoms with E-state index in [9.17, 15) is 5.11 Å². The number of hydrogen-bond donors (Lipinski definition) is 1. The molecule has 0 aliphatic rings. The molecule has 0 aromatic carbocycles. The van der Waals surface area contributed by atoms with Crippen molar-refractivity contribution in [2.24, 2.45) is 10.8 Å². The van der Waals surface area contributed by atoms with Crippen LogP contribution in [0, 0.1) is 10.8 Å². The Hall–Kier alpha value is -0.300. The minimum atomic E-state index is -0.694. The van der Waals surface area contributed by atoms with Gasteiger partial charge in [0.2, 0.25) is 0 Å². The Balaban J connectivity index is 4.83. The molecule has 1 heteroatoms. The first-order valence-corrected chi connectivity index (χ1v) is 5.44. The van der Waals surface area contributed by atoms with Gasteiger partial charge in [-0.15, -0.1) is 0 Å². The predicted molar refractivity (Wildman–Crippen MR) is 63.3 cm³/mol. The van der Waals surface area contributed by atoms with Gasteiger partial charge in [-0.05, 0) is 17.3 Å². The molecule has 0 aliphatic carbocycles. The van der Waals surface area contributed by atoms with Gasteiger partial charge in [0.25, 0.3) is 0 Å². The van der Waals surface area contributed by atoms with Gasteiger partial charge in [-0.1, -0.05) is 60.6 Å². The highest BCUT2D eigenvalue weighted by molar-refractivity contribution is 5.09. The van der Waals surface area contributed by atoms with Crippen LogP contribution < -0.4 is 0 Å². The number of rotatable bonds is 2. The summed E-state index contributed by atoms with van der Waals surface area (Å²) < 4.78 is 0. The molecule has 0 rings (SSSR count). The normalized spacial score (nSPS) is 18.6. The van der Waals surface area contributed by atoms with E-state index in [1.807, 2.05) is 13.0 Å². The SMILES string of the molecule is CCC(O)(/C=C/C(C)(C)C)C(C)(C)C. The molecule has 0 radical (unpaired) electrons. The lowest BCUT2D eigenvalue weighted by molar-refractivity contribution is -0.0173. The summed E-state index contributed by atoms with van der Waals surface area (Å²) in [5.41, 5.74) is -0.668. The molecule has 0 aromatic rings. The lowest BCUT2D eigenvalue weighted by Crippen LogP contribution is -2.40. The fourth-order valence-corrected chi connectivity index (χ4v) is 1.29. The maximum atomic E-state index is 10.4. The Morgan fingerprint density at radius 2 is 1.36 bits per heavy atom. The minimum Gasteiger partial charge on any atom is -0.385 e. The Bertz CT molecular complexity index is 202. The van der Waals surface area contributed by atoms with E-state index >= 15 is 0 Å². The highest BCUT2D eigenvalue weighted by Crippen LogP contribution is 2.35. The van der Waals surface area contributed by atoms with E-state index in [4.69, 9.17) is 0 Å². The molecule has 0 saturated carbocycles. The molecule has 0 aliphatic heterocycles. The van der Waals surface area contributed by atoms with Crippen molar-refractivity contribution < 1.29 is 5.11 Å².